The number of hydrogen-bond acceptors (Lipinski definition) is 4. The molecule has 0 aliphatic rings. The molecular formula is C62H40N4O. The van der Waals surface area contributed by atoms with Crippen LogP contribution in [0.5, 0.6) is 0 Å². The lowest BCUT2D eigenvalue weighted by atomic mass is 9.96. The first kappa shape index (κ1) is 38.5. The molecule has 0 N–H and O–H groups in total. The predicted molar refractivity (Wildman–Crippen MR) is 281 cm³/mol. The molecule has 10 aromatic carbocycles. The highest BCUT2D eigenvalue weighted by atomic mass is 16.3. The highest BCUT2D eigenvalue weighted by Gasteiger charge is 2.26. The summed E-state index contributed by atoms with van der Waals surface area (Å²) in [5.41, 5.74) is 9.15. The van der Waals surface area contributed by atoms with Gasteiger partial charge < -0.3 is 8.98 Å². The predicted octanol–water partition coefficient (Wildman–Crippen LogP) is 16.5. The normalized spacial score (nSPS) is 12.3. The molecule has 314 valence electrons. The maximum Gasteiger partial charge on any atom is 0.166 e. The van der Waals surface area contributed by atoms with Gasteiger partial charge >= 0.3 is 0 Å². The number of allylic oxidation sites excluding steroid dienone is 5. The van der Waals surface area contributed by atoms with E-state index in [1.54, 1.807) is 0 Å². The molecule has 13 rings (SSSR count). The Kier molecular flexibility index (Phi) is 8.83. The highest BCUT2D eigenvalue weighted by molar-refractivity contribution is 6.25. The van der Waals surface area contributed by atoms with Crippen molar-refractivity contribution in [3.8, 4) is 28.5 Å². The van der Waals surface area contributed by atoms with Crippen molar-refractivity contribution in [2.75, 3.05) is 0 Å². The molecule has 0 saturated carbocycles. The van der Waals surface area contributed by atoms with Crippen molar-refractivity contribution in [1.82, 2.24) is 19.5 Å². The van der Waals surface area contributed by atoms with Crippen LogP contribution >= 0.6 is 0 Å². The standard InChI is InChI=1S/C62H40N4O/c1-3-17-41(39-18-5-4-6-19-39)34-38(2)60-63-61(65-62(64-60)51-36-44-23-10-11-24-45(44)47-26-13-14-27-48(47)51)50-31-33-56-58(49-28-15-16-29-55(49)67-56)59(50)66-53-32-30-40-20-9-12-25-46(40)57(53)52-35-42-21-7-8-22-43(42)37-54(52)66/h3-37H,2H2,1H3/b17-3-,41-34+. The highest BCUT2D eigenvalue weighted by Crippen LogP contribution is 2.46. The van der Waals surface area contributed by atoms with Crippen LogP contribution < -0.4 is 0 Å². The van der Waals surface area contributed by atoms with Gasteiger partial charge in [-0.25, -0.2) is 15.0 Å². The third-order valence-electron chi connectivity index (χ3n) is 13.2. The summed E-state index contributed by atoms with van der Waals surface area (Å²) in [6.07, 6.45) is 6.23. The van der Waals surface area contributed by atoms with E-state index in [4.69, 9.17) is 19.4 Å². The van der Waals surface area contributed by atoms with Crippen molar-refractivity contribution in [3.05, 3.63) is 230 Å². The molecule has 0 fully saturated rings. The maximum atomic E-state index is 6.70. The zero-order valence-corrected chi connectivity index (χ0v) is 36.6. The van der Waals surface area contributed by atoms with E-state index >= 15 is 0 Å². The Morgan fingerprint density at radius 2 is 1.12 bits per heavy atom. The van der Waals surface area contributed by atoms with Crippen LogP contribution in [0.1, 0.15) is 18.3 Å². The summed E-state index contributed by atoms with van der Waals surface area (Å²) >= 11 is 0. The molecule has 0 atom stereocenters. The first-order valence-corrected chi connectivity index (χ1v) is 22.7. The van der Waals surface area contributed by atoms with Crippen molar-refractivity contribution in [2.24, 2.45) is 0 Å². The SMILES string of the molecule is C=C(/C=C(\C=C/C)c1ccccc1)c1nc(-c2ccc3oc4ccccc4c3c2-n2c3cc4ccccc4cc3c3c4ccccc4ccc32)nc(-c2cc3ccccc3c3ccccc23)n1. The van der Waals surface area contributed by atoms with Crippen LogP contribution in [-0.4, -0.2) is 19.5 Å². The van der Waals surface area contributed by atoms with E-state index in [9.17, 15) is 0 Å². The number of benzene rings is 10. The molecule has 0 amide bonds. The zero-order valence-electron chi connectivity index (χ0n) is 36.6. The molecule has 0 aliphatic carbocycles. The van der Waals surface area contributed by atoms with Crippen LogP contribution in [0.4, 0.5) is 0 Å². The van der Waals surface area contributed by atoms with Crippen molar-refractivity contribution >= 4 is 98.0 Å². The number of hydrogen-bond donors (Lipinski definition) is 0. The smallest absolute Gasteiger partial charge is 0.166 e. The molecule has 13 aromatic rings. The van der Waals surface area contributed by atoms with E-state index in [1.165, 1.54) is 26.9 Å². The minimum Gasteiger partial charge on any atom is -0.456 e. The Bertz CT molecular complexity index is 4250. The minimum absolute atomic E-state index is 0.484. The molecule has 0 radical (unpaired) electrons. The summed E-state index contributed by atoms with van der Waals surface area (Å²) in [7, 11) is 0. The number of para-hydroxylation sites is 1. The fourth-order valence-electron chi connectivity index (χ4n) is 10.2. The topological polar surface area (TPSA) is 56.7 Å². The fourth-order valence-corrected chi connectivity index (χ4v) is 10.2. The second-order valence-electron chi connectivity index (χ2n) is 17.2. The van der Waals surface area contributed by atoms with E-state index in [0.717, 1.165) is 87.9 Å². The van der Waals surface area contributed by atoms with Crippen molar-refractivity contribution in [1.29, 1.82) is 0 Å². The Morgan fingerprint density at radius 1 is 0.478 bits per heavy atom. The average molecular weight is 857 g/mol. The molecule has 5 heteroatoms. The third kappa shape index (κ3) is 6.20. The summed E-state index contributed by atoms with van der Waals surface area (Å²) in [5, 5.41) is 13.5. The Hall–Kier alpha value is -8.93. The van der Waals surface area contributed by atoms with Gasteiger partial charge in [0, 0.05) is 32.9 Å². The first-order valence-electron chi connectivity index (χ1n) is 22.7. The van der Waals surface area contributed by atoms with E-state index < -0.39 is 0 Å². The van der Waals surface area contributed by atoms with Gasteiger partial charge in [-0.15, -0.1) is 0 Å². The lowest BCUT2D eigenvalue weighted by Crippen LogP contribution is -2.05. The molecule has 3 aromatic heterocycles. The van der Waals surface area contributed by atoms with Gasteiger partial charge in [-0.1, -0.05) is 170 Å². The minimum atomic E-state index is 0.484. The van der Waals surface area contributed by atoms with Crippen molar-refractivity contribution in [2.45, 2.75) is 6.92 Å². The molecule has 0 saturated heterocycles. The summed E-state index contributed by atoms with van der Waals surface area (Å²) in [4.78, 5) is 16.3. The molecule has 5 nitrogen and oxygen atoms in total. The van der Waals surface area contributed by atoms with Gasteiger partial charge in [0.1, 0.15) is 11.2 Å². The largest absolute Gasteiger partial charge is 0.456 e. The molecule has 67 heavy (non-hydrogen) atoms. The quantitative estimate of drug-likeness (QED) is 0.118. The Morgan fingerprint density at radius 3 is 1.91 bits per heavy atom. The lowest BCUT2D eigenvalue weighted by Gasteiger charge is -2.17. The van der Waals surface area contributed by atoms with Gasteiger partial charge in [-0.2, -0.15) is 0 Å². The van der Waals surface area contributed by atoms with Crippen LogP contribution in [-0.2, 0) is 0 Å². The molecule has 0 unspecified atom stereocenters. The second-order valence-corrected chi connectivity index (χ2v) is 17.2. The fraction of sp³-hybridized carbons (Fsp3) is 0.0161. The van der Waals surface area contributed by atoms with Gasteiger partial charge in [0.25, 0.3) is 0 Å². The lowest BCUT2D eigenvalue weighted by molar-refractivity contribution is 0.669. The van der Waals surface area contributed by atoms with E-state index in [2.05, 4.69) is 199 Å². The number of fused-ring (bicyclic) bond motifs is 12. The van der Waals surface area contributed by atoms with Crippen LogP contribution in [0.2, 0.25) is 0 Å². The first-order chi connectivity index (χ1) is 33.1. The van der Waals surface area contributed by atoms with Crippen molar-refractivity contribution < 1.29 is 4.42 Å². The number of aromatic nitrogens is 4. The number of rotatable bonds is 7. The van der Waals surface area contributed by atoms with Crippen LogP contribution in [0.15, 0.2) is 223 Å². The molecule has 0 bridgehead atoms. The summed E-state index contributed by atoms with van der Waals surface area (Å²) < 4.78 is 9.13. The zero-order chi connectivity index (χ0) is 44.6. The number of nitrogens with zero attached hydrogens (tertiary/aromatic N) is 4. The maximum absolute atomic E-state index is 6.70. The molecular weight excluding hydrogens is 817 g/mol. The number of furan rings is 1. The second kappa shape index (κ2) is 15.4. The van der Waals surface area contributed by atoms with Gasteiger partial charge in [0.05, 0.1) is 22.1 Å². The van der Waals surface area contributed by atoms with Gasteiger partial charge in [0.15, 0.2) is 17.5 Å². The van der Waals surface area contributed by atoms with E-state index in [0.29, 0.717) is 23.0 Å². The van der Waals surface area contributed by atoms with Gasteiger partial charge in [0.2, 0.25) is 0 Å². The Balaban J connectivity index is 1.17. The van der Waals surface area contributed by atoms with Crippen LogP contribution in [0, 0.1) is 0 Å². The molecule has 0 spiro atoms. The van der Waals surface area contributed by atoms with E-state index in [-0.39, 0.29) is 0 Å². The van der Waals surface area contributed by atoms with Crippen molar-refractivity contribution in [3.63, 3.8) is 0 Å². The van der Waals surface area contributed by atoms with E-state index in [1.807, 2.05) is 31.2 Å². The average Bonchev–Trinajstić information content (AvgIpc) is 3.93. The third-order valence-corrected chi connectivity index (χ3v) is 13.2. The summed E-state index contributed by atoms with van der Waals surface area (Å²) in [6, 6.07) is 68.5. The summed E-state index contributed by atoms with van der Waals surface area (Å²) in [6.45, 7) is 6.69. The monoisotopic (exact) mass is 856 g/mol. The van der Waals surface area contributed by atoms with Crippen LogP contribution in [0.25, 0.3) is 126 Å². The summed E-state index contributed by atoms with van der Waals surface area (Å²) in [5.74, 6) is 1.57. The van der Waals surface area contributed by atoms with Gasteiger partial charge in [-0.05, 0) is 110 Å². The van der Waals surface area contributed by atoms with Gasteiger partial charge in [-0.3, -0.25) is 0 Å². The molecule has 3 heterocycles. The molecule has 0 aliphatic heterocycles. The Labute approximate surface area is 385 Å². The van der Waals surface area contributed by atoms with Crippen LogP contribution in [0.3, 0.4) is 0 Å².